The van der Waals surface area contributed by atoms with Gasteiger partial charge in [-0.25, -0.2) is 0 Å². The Kier molecular flexibility index (Phi) is 52.2. The molecule has 1 unspecified atom stereocenters. The van der Waals surface area contributed by atoms with Crippen molar-refractivity contribution in [2.45, 2.75) is 354 Å². The van der Waals surface area contributed by atoms with Crippen molar-refractivity contribution >= 4 is 11.9 Å². The number of allylic oxidation sites excluding steroid dienone is 2. The molecular formula is C65H124O6. The van der Waals surface area contributed by atoms with E-state index in [-0.39, 0.29) is 19.6 Å². The largest absolute Gasteiger partial charge is 0.465 e. The molecule has 1 heterocycles. The molecule has 1 atom stereocenters. The SMILES string of the molecule is CCCCCCCCCCCCCCCCCCCCCCCCCCCCCCCCCCCCCCCCCCCCCCCCCCCCC/C=C/CC1CC(=O)OCC(CO)(CO)COC1=O. The average Bonchev–Trinajstić information content (AvgIpc) is 3.44. The van der Waals surface area contributed by atoms with Crippen LogP contribution >= 0.6 is 0 Å². The molecule has 6 nitrogen and oxygen atoms in total. The summed E-state index contributed by atoms with van der Waals surface area (Å²) in [4.78, 5) is 24.7. The van der Waals surface area contributed by atoms with E-state index in [0.717, 1.165) is 12.8 Å². The summed E-state index contributed by atoms with van der Waals surface area (Å²) in [5, 5.41) is 19.2. The summed E-state index contributed by atoms with van der Waals surface area (Å²) in [5.41, 5.74) is -1.14. The van der Waals surface area contributed by atoms with Crippen molar-refractivity contribution in [2.24, 2.45) is 11.3 Å². The van der Waals surface area contributed by atoms with Crippen LogP contribution in [0.3, 0.4) is 0 Å². The first-order valence-electron chi connectivity index (χ1n) is 32.3. The molecule has 0 aromatic heterocycles. The van der Waals surface area contributed by atoms with Crippen LogP contribution in [0.2, 0.25) is 0 Å². The number of esters is 2. The monoisotopic (exact) mass is 1000 g/mol. The third-order valence-corrected chi connectivity index (χ3v) is 16.0. The Balaban J connectivity index is 1.68. The van der Waals surface area contributed by atoms with Gasteiger partial charge in [0.25, 0.3) is 0 Å². The molecule has 0 saturated carbocycles. The van der Waals surface area contributed by atoms with Gasteiger partial charge >= 0.3 is 11.9 Å². The molecular weight excluding hydrogens is 877 g/mol. The number of unbranched alkanes of at least 4 members (excludes halogenated alkanes) is 51. The highest BCUT2D eigenvalue weighted by Gasteiger charge is 2.36. The van der Waals surface area contributed by atoms with Crippen molar-refractivity contribution in [2.75, 3.05) is 26.4 Å². The zero-order valence-corrected chi connectivity index (χ0v) is 47.8. The zero-order chi connectivity index (χ0) is 51.1. The van der Waals surface area contributed by atoms with Crippen LogP contribution in [0.4, 0.5) is 0 Å². The van der Waals surface area contributed by atoms with E-state index in [2.05, 4.69) is 13.0 Å². The second-order valence-electron chi connectivity index (χ2n) is 23.2. The third-order valence-electron chi connectivity index (χ3n) is 16.0. The lowest BCUT2D eigenvalue weighted by Crippen LogP contribution is -2.40. The van der Waals surface area contributed by atoms with Gasteiger partial charge < -0.3 is 19.7 Å². The molecule has 0 radical (unpaired) electrons. The fraction of sp³-hybridized carbons (Fsp3) is 0.938. The Morgan fingerprint density at radius 3 is 0.859 bits per heavy atom. The van der Waals surface area contributed by atoms with Gasteiger partial charge in [-0.05, 0) is 19.3 Å². The Morgan fingerprint density at radius 2 is 0.606 bits per heavy atom. The van der Waals surface area contributed by atoms with Crippen LogP contribution in [0.5, 0.6) is 0 Å². The second-order valence-corrected chi connectivity index (χ2v) is 23.2. The summed E-state index contributed by atoms with van der Waals surface area (Å²) in [6, 6.07) is 0. The number of aliphatic hydroxyl groups is 2. The smallest absolute Gasteiger partial charge is 0.309 e. The van der Waals surface area contributed by atoms with E-state index >= 15 is 0 Å². The molecule has 0 bridgehead atoms. The summed E-state index contributed by atoms with van der Waals surface area (Å²) in [6.07, 6.45) is 79.0. The number of hydrogen-bond donors (Lipinski definition) is 2. The van der Waals surface area contributed by atoms with Crippen LogP contribution in [-0.4, -0.2) is 48.6 Å². The van der Waals surface area contributed by atoms with Crippen molar-refractivity contribution in [3.8, 4) is 0 Å². The molecule has 0 aromatic carbocycles. The lowest BCUT2D eigenvalue weighted by Gasteiger charge is -2.27. The van der Waals surface area contributed by atoms with Crippen molar-refractivity contribution in [1.29, 1.82) is 0 Å². The maximum Gasteiger partial charge on any atom is 0.309 e. The molecule has 6 heteroatoms. The van der Waals surface area contributed by atoms with Crippen molar-refractivity contribution in [1.82, 2.24) is 0 Å². The van der Waals surface area contributed by atoms with Crippen molar-refractivity contribution in [3.63, 3.8) is 0 Å². The highest BCUT2D eigenvalue weighted by Crippen LogP contribution is 2.24. The minimum absolute atomic E-state index is 0.0457. The molecule has 71 heavy (non-hydrogen) atoms. The maximum atomic E-state index is 12.5. The predicted molar refractivity (Wildman–Crippen MR) is 306 cm³/mol. The lowest BCUT2D eigenvalue weighted by atomic mass is 9.92. The van der Waals surface area contributed by atoms with Gasteiger partial charge in [0.15, 0.2) is 0 Å². The quantitative estimate of drug-likeness (QED) is 0.0358. The predicted octanol–water partition coefficient (Wildman–Crippen LogP) is 20.3. The zero-order valence-electron chi connectivity index (χ0n) is 47.8. The van der Waals surface area contributed by atoms with E-state index in [0.29, 0.717) is 6.42 Å². The van der Waals surface area contributed by atoms with Crippen LogP contribution in [0, 0.1) is 11.3 Å². The van der Waals surface area contributed by atoms with Gasteiger partial charge in [-0.1, -0.05) is 340 Å². The Labute approximate surface area is 443 Å². The fourth-order valence-corrected chi connectivity index (χ4v) is 10.7. The van der Waals surface area contributed by atoms with Gasteiger partial charge in [-0.3, -0.25) is 9.59 Å². The molecule has 1 saturated heterocycles. The van der Waals surface area contributed by atoms with E-state index in [1.165, 1.54) is 321 Å². The van der Waals surface area contributed by atoms with Crippen LogP contribution in [0.25, 0.3) is 0 Å². The van der Waals surface area contributed by atoms with Gasteiger partial charge in [-0.2, -0.15) is 0 Å². The van der Waals surface area contributed by atoms with E-state index < -0.39 is 36.5 Å². The molecule has 1 aliphatic heterocycles. The molecule has 420 valence electrons. The number of cyclic esters (lactones) is 2. The topological polar surface area (TPSA) is 93.1 Å². The second kappa shape index (κ2) is 54.8. The Bertz CT molecular complexity index is 1120. The molecule has 0 aliphatic carbocycles. The minimum atomic E-state index is -1.14. The van der Waals surface area contributed by atoms with E-state index in [1.54, 1.807) is 0 Å². The summed E-state index contributed by atoms with van der Waals surface area (Å²) in [5.74, 6) is -1.57. The summed E-state index contributed by atoms with van der Waals surface area (Å²) in [7, 11) is 0. The van der Waals surface area contributed by atoms with Gasteiger partial charge in [0.05, 0.1) is 31.0 Å². The number of aliphatic hydroxyl groups excluding tert-OH is 2. The number of hydrogen-bond acceptors (Lipinski definition) is 6. The van der Waals surface area contributed by atoms with E-state index in [4.69, 9.17) is 9.47 Å². The third kappa shape index (κ3) is 46.8. The molecule has 2 N–H and O–H groups in total. The molecule has 1 rings (SSSR count). The fourth-order valence-electron chi connectivity index (χ4n) is 10.7. The highest BCUT2D eigenvalue weighted by atomic mass is 16.6. The first kappa shape index (κ1) is 67.6. The highest BCUT2D eigenvalue weighted by molar-refractivity contribution is 5.80. The van der Waals surface area contributed by atoms with Crippen molar-refractivity contribution < 1.29 is 29.3 Å². The van der Waals surface area contributed by atoms with Gasteiger partial charge in [-0.15, -0.1) is 0 Å². The first-order chi connectivity index (χ1) is 35.1. The summed E-state index contributed by atoms with van der Waals surface area (Å²) >= 11 is 0. The van der Waals surface area contributed by atoms with Gasteiger partial charge in [0, 0.05) is 0 Å². The van der Waals surface area contributed by atoms with Crippen molar-refractivity contribution in [3.05, 3.63) is 12.2 Å². The van der Waals surface area contributed by atoms with Crippen LogP contribution in [0.15, 0.2) is 12.2 Å². The molecule has 1 aliphatic rings. The average molecular weight is 1000 g/mol. The Morgan fingerprint density at radius 1 is 0.366 bits per heavy atom. The summed E-state index contributed by atoms with van der Waals surface area (Å²) in [6.45, 7) is 1.15. The molecule has 0 aromatic rings. The van der Waals surface area contributed by atoms with E-state index in [9.17, 15) is 19.8 Å². The molecule has 0 amide bonds. The number of carbonyl (C=O) groups is 2. The molecule has 1 fully saturated rings. The van der Waals surface area contributed by atoms with Gasteiger partial charge in [0.1, 0.15) is 13.2 Å². The first-order valence-corrected chi connectivity index (χ1v) is 32.3. The number of ether oxygens (including phenoxy) is 2. The standard InChI is InChI=1S/C65H124O6/c1-2-3-4-5-6-7-8-9-10-11-12-13-14-15-16-17-18-19-20-21-22-23-24-25-26-27-28-29-30-31-32-33-34-35-36-37-38-39-40-41-42-43-44-45-46-47-48-49-50-51-52-53-54-55-56-62-57-63(68)70-60-65(58-66,59-67)61-71-64(62)69/h54-55,62,66-67H,2-53,56-61H2,1H3/b55-54+. The van der Waals surface area contributed by atoms with Crippen LogP contribution in [-0.2, 0) is 19.1 Å². The van der Waals surface area contributed by atoms with Crippen LogP contribution in [0.1, 0.15) is 354 Å². The molecule has 0 spiro atoms. The Hall–Kier alpha value is -1.40. The minimum Gasteiger partial charge on any atom is -0.465 e. The van der Waals surface area contributed by atoms with Gasteiger partial charge in [0.2, 0.25) is 0 Å². The maximum absolute atomic E-state index is 12.5. The normalized spacial score (nSPS) is 15.3. The van der Waals surface area contributed by atoms with Crippen LogP contribution < -0.4 is 0 Å². The van der Waals surface area contributed by atoms with E-state index in [1.807, 2.05) is 6.08 Å². The number of carbonyl (C=O) groups excluding carboxylic acids is 2. The number of rotatable bonds is 56. The lowest BCUT2D eigenvalue weighted by molar-refractivity contribution is -0.154. The summed E-state index contributed by atoms with van der Waals surface area (Å²) < 4.78 is 10.5.